The summed E-state index contributed by atoms with van der Waals surface area (Å²) in [5.74, 6) is 0.882. The largest absolute Gasteiger partial charge is 0.439 e. The number of aromatic nitrogens is 5. The van der Waals surface area contributed by atoms with Crippen LogP contribution in [-0.4, -0.2) is 31.4 Å². The van der Waals surface area contributed by atoms with Gasteiger partial charge in [0.25, 0.3) is 0 Å². The topological polar surface area (TPSA) is 117 Å². The number of alkyl halides is 3. The average molecular weight is 493 g/mol. The van der Waals surface area contributed by atoms with Gasteiger partial charge in [0.15, 0.2) is 17.3 Å². The highest BCUT2D eigenvalue weighted by atomic mass is 19.4. The van der Waals surface area contributed by atoms with E-state index in [0.29, 0.717) is 16.9 Å². The molecule has 1 aliphatic rings. The second-order valence-corrected chi connectivity index (χ2v) is 8.28. The number of rotatable bonds is 4. The van der Waals surface area contributed by atoms with E-state index in [0.717, 1.165) is 42.9 Å². The maximum atomic E-state index is 12.9. The number of imidazole rings is 1. The molecule has 182 valence electrons. The van der Waals surface area contributed by atoms with Crippen LogP contribution in [0.5, 0.6) is 11.6 Å². The molecule has 36 heavy (non-hydrogen) atoms. The Balaban J connectivity index is 1.46. The Morgan fingerprint density at radius 2 is 1.86 bits per heavy atom. The van der Waals surface area contributed by atoms with Gasteiger partial charge in [-0.2, -0.15) is 13.2 Å². The van der Waals surface area contributed by atoms with Crippen molar-refractivity contribution in [3.63, 3.8) is 0 Å². The fraction of sp³-hybridized carbons (Fsp3) is 0.167. The Morgan fingerprint density at radius 1 is 1.03 bits per heavy atom. The van der Waals surface area contributed by atoms with Gasteiger partial charge in [0.2, 0.25) is 5.88 Å². The van der Waals surface area contributed by atoms with Crippen LogP contribution in [0.15, 0.2) is 59.4 Å². The van der Waals surface area contributed by atoms with Crippen molar-refractivity contribution >= 4 is 16.9 Å². The quantitative estimate of drug-likeness (QED) is 0.376. The number of ether oxygens (including phenoxy) is 1. The zero-order valence-corrected chi connectivity index (χ0v) is 18.6. The second kappa shape index (κ2) is 8.34. The molecule has 6 rings (SSSR count). The molecule has 4 heterocycles. The van der Waals surface area contributed by atoms with Crippen LogP contribution in [0.1, 0.15) is 16.7 Å². The van der Waals surface area contributed by atoms with E-state index < -0.39 is 11.7 Å². The number of nitrogen functional groups attached to an aromatic ring is 1. The van der Waals surface area contributed by atoms with Gasteiger partial charge in [-0.3, -0.25) is 4.57 Å². The monoisotopic (exact) mass is 493 g/mol. The van der Waals surface area contributed by atoms with E-state index in [-0.39, 0.29) is 23.1 Å². The van der Waals surface area contributed by atoms with Crippen LogP contribution in [0.3, 0.4) is 0 Å². The molecule has 0 amide bonds. The van der Waals surface area contributed by atoms with E-state index in [1.165, 1.54) is 23.9 Å². The van der Waals surface area contributed by atoms with Gasteiger partial charge in [-0.15, -0.1) is 0 Å². The van der Waals surface area contributed by atoms with Gasteiger partial charge in [0, 0.05) is 18.3 Å². The van der Waals surface area contributed by atoms with Crippen LogP contribution in [0.4, 0.5) is 19.0 Å². The van der Waals surface area contributed by atoms with Gasteiger partial charge in [-0.05, 0) is 70.8 Å². The molecule has 0 saturated carbocycles. The van der Waals surface area contributed by atoms with E-state index in [4.69, 9.17) is 15.1 Å². The van der Waals surface area contributed by atoms with Crippen LogP contribution in [-0.2, 0) is 19.1 Å². The van der Waals surface area contributed by atoms with Gasteiger partial charge in [0.1, 0.15) is 11.3 Å². The van der Waals surface area contributed by atoms with Gasteiger partial charge in [-0.1, -0.05) is 6.07 Å². The molecule has 0 unspecified atom stereocenters. The number of hydrogen-bond acceptors (Lipinski definition) is 8. The molecule has 2 aromatic carbocycles. The highest BCUT2D eigenvalue weighted by Crippen LogP contribution is 2.34. The number of benzene rings is 2. The molecule has 0 aliphatic carbocycles. The Morgan fingerprint density at radius 3 is 2.61 bits per heavy atom. The maximum absolute atomic E-state index is 12.9. The third-order valence-corrected chi connectivity index (χ3v) is 5.98. The summed E-state index contributed by atoms with van der Waals surface area (Å²) in [7, 11) is 0. The minimum Gasteiger partial charge on any atom is -0.439 e. The Hall–Kier alpha value is -4.45. The Bertz CT molecular complexity index is 1580. The van der Waals surface area contributed by atoms with Crippen LogP contribution < -0.4 is 15.8 Å². The molecule has 0 fully saturated rings. The van der Waals surface area contributed by atoms with Crippen LogP contribution in [0.2, 0.25) is 0 Å². The SMILES string of the molecule is Nc1nonc1-c1nc2cnc(Oc3ccc(C(F)(F)F)cc3)cc2n1-c1ccc2c(c1)CNCC2. The molecular formula is C24H18F3N7O2. The first-order valence-electron chi connectivity index (χ1n) is 11.0. The number of hydrogen-bond donors (Lipinski definition) is 2. The lowest BCUT2D eigenvalue weighted by molar-refractivity contribution is -0.137. The van der Waals surface area contributed by atoms with Crippen molar-refractivity contribution in [2.24, 2.45) is 0 Å². The zero-order valence-electron chi connectivity index (χ0n) is 18.6. The van der Waals surface area contributed by atoms with Gasteiger partial charge >= 0.3 is 6.18 Å². The lowest BCUT2D eigenvalue weighted by Crippen LogP contribution is -2.23. The molecule has 0 saturated heterocycles. The molecule has 0 atom stereocenters. The zero-order chi connectivity index (χ0) is 24.9. The number of nitrogens with one attached hydrogen (secondary N) is 1. The molecule has 9 nitrogen and oxygen atoms in total. The van der Waals surface area contributed by atoms with E-state index in [2.05, 4.69) is 37.7 Å². The standard InChI is InChI=1S/C24H18F3N7O2/c25-24(26,27)15-2-5-17(6-3-15)35-20-10-19-18(12-30-20)31-23(21-22(28)33-36-32-21)34(19)16-4-1-13-7-8-29-11-14(13)9-16/h1-6,9-10,12,29H,7-8,11H2,(H2,28,33). The molecule has 3 aromatic heterocycles. The number of pyridine rings is 1. The molecule has 0 bridgehead atoms. The highest BCUT2D eigenvalue weighted by molar-refractivity contribution is 5.84. The van der Waals surface area contributed by atoms with Crippen molar-refractivity contribution in [1.29, 1.82) is 0 Å². The van der Waals surface area contributed by atoms with Gasteiger partial charge in [0.05, 0.1) is 17.3 Å². The van der Waals surface area contributed by atoms with Gasteiger partial charge < -0.3 is 15.8 Å². The van der Waals surface area contributed by atoms with Crippen LogP contribution in [0.25, 0.3) is 28.2 Å². The van der Waals surface area contributed by atoms with E-state index in [9.17, 15) is 13.2 Å². The minimum atomic E-state index is -4.43. The summed E-state index contributed by atoms with van der Waals surface area (Å²) in [5, 5.41) is 11.0. The first-order chi connectivity index (χ1) is 17.4. The third-order valence-electron chi connectivity index (χ3n) is 5.98. The number of nitrogens with zero attached hydrogens (tertiary/aromatic N) is 5. The van der Waals surface area contributed by atoms with Crippen molar-refractivity contribution < 1.29 is 22.5 Å². The number of fused-ring (bicyclic) bond motifs is 2. The third kappa shape index (κ3) is 3.90. The summed E-state index contributed by atoms with van der Waals surface area (Å²) >= 11 is 0. The second-order valence-electron chi connectivity index (χ2n) is 8.28. The summed E-state index contributed by atoms with van der Waals surface area (Å²) in [6.07, 6.45) is -1.98. The highest BCUT2D eigenvalue weighted by Gasteiger charge is 2.30. The molecule has 12 heteroatoms. The van der Waals surface area contributed by atoms with Crippen molar-refractivity contribution in [3.8, 4) is 28.8 Å². The fourth-order valence-electron chi connectivity index (χ4n) is 4.23. The smallest absolute Gasteiger partial charge is 0.416 e. The summed E-state index contributed by atoms with van der Waals surface area (Å²) in [5.41, 5.74) is 9.88. The lowest BCUT2D eigenvalue weighted by Gasteiger charge is -2.19. The summed E-state index contributed by atoms with van der Waals surface area (Å²) in [6.45, 7) is 1.66. The molecule has 1 aliphatic heterocycles. The minimum absolute atomic E-state index is 0.0837. The Labute approximate surface area is 201 Å². The number of nitrogens with two attached hydrogens (primary N) is 1. The molecular weight excluding hydrogens is 475 g/mol. The molecule has 0 spiro atoms. The van der Waals surface area contributed by atoms with E-state index in [1.807, 2.05) is 10.6 Å². The number of anilines is 1. The van der Waals surface area contributed by atoms with E-state index >= 15 is 0 Å². The normalized spacial score (nSPS) is 13.6. The van der Waals surface area contributed by atoms with Crippen molar-refractivity contribution in [2.45, 2.75) is 19.1 Å². The van der Waals surface area contributed by atoms with Crippen molar-refractivity contribution in [1.82, 2.24) is 30.2 Å². The average Bonchev–Trinajstić information content (AvgIpc) is 3.46. The van der Waals surface area contributed by atoms with Crippen molar-refractivity contribution in [2.75, 3.05) is 12.3 Å². The first-order valence-corrected chi connectivity index (χ1v) is 11.0. The first kappa shape index (κ1) is 22.0. The fourth-order valence-corrected chi connectivity index (χ4v) is 4.23. The lowest BCUT2D eigenvalue weighted by atomic mass is 10.0. The van der Waals surface area contributed by atoms with Crippen LogP contribution >= 0.6 is 0 Å². The predicted octanol–water partition coefficient (Wildman–Crippen LogP) is 4.51. The van der Waals surface area contributed by atoms with E-state index in [1.54, 1.807) is 6.07 Å². The molecule has 3 N–H and O–H groups in total. The number of halogens is 3. The summed E-state index contributed by atoms with van der Waals surface area (Å²) in [4.78, 5) is 8.93. The summed E-state index contributed by atoms with van der Waals surface area (Å²) < 4.78 is 51.1. The summed E-state index contributed by atoms with van der Waals surface area (Å²) in [6, 6.07) is 12.2. The van der Waals surface area contributed by atoms with Crippen LogP contribution in [0, 0.1) is 0 Å². The molecule has 0 radical (unpaired) electrons. The van der Waals surface area contributed by atoms with Crippen molar-refractivity contribution in [3.05, 3.63) is 71.4 Å². The van der Waals surface area contributed by atoms with Gasteiger partial charge in [-0.25, -0.2) is 14.6 Å². The predicted molar refractivity (Wildman–Crippen MR) is 123 cm³/mol. The Kier molecular flexibility index (Phi) is 5.11. The maximum Gasteiger partial charge on any atom is 0.416 e. The molecule has 5 aromatic rings.